The molecule has 0 radical (unpaired) electrons. The lowest BCUT2D eigenvalue weighted by Gasteiger charge is -2.05. The molecule has 0 bridgehead atoms. The van der Waals surface area contributed by atoms with E-state index in [1.807, 2.05) is 13.8 Å². The highest BCUT2D eigenvalue weighted by Crippen LogP contribution is 2.40. The van der Waals surface area contributed by atoms with Crippen LogP contribution in [0.5, 0.6) is 0 Å². The van der Waals surface area contributed by atoms with E-state index in [9.17, 15) is 0 Å². The number of aryl methyl sites for hydroxylation is 2. The van der Waals surface area contributed by atoms with Crippen LogP contribution < -0.4 is 5.32 Å². The number of aromatic nitrogens is 1. The zero-order valence-corrected chi connectivity index (χ0v) is 11.6. The van der Waals surface area contributed by atoms with Gasteiger partial charge in [-0.05, 0) is 43.7 Å². The minimum Gasteiger partial charge on any atom is -0.444 e. The van der Waals surface area contributed by atoms with Gasteiger partial charge in [0.1, 0.15) is 5.76 Å². The molecular formula is C16H20N2O. The van der Waals surface area contributed by atoms with Crippen LogP contribution in [0.25, 0.3) is 0 Å². The third-order valence-corrected chi connectivity index (χ3v) is 3.68. The number of hydrogen-bond acceptors (Lipinski definition) is 3. The molecular weight excluding hydrogens is 236 g/mol. The Hall–Kier alpha value is -1.61. The quantitative estimate of drug-likeness (QED) is 0.890. The SMILES string of the molecule is Cc1nc(CNCc2cccc(C3CC3)c2)oc1C. The predicted molar refractivity (Wildman–Crippen MR) is 74.9 cm³/mol. The number of benzene rings is 1. The molecule has 2 aromatic rings. The molecule has 19 heavy (non-hydrogen) atoms. The molecule has 1 N–H and O–H groups in total. The summed E-state index contributed by atoms with van der Waals surface area (Å²) in [4.78, 5) is 4.37. The van der Waals surface area contributed by atoms with Crippen molar-refractivity contribution in [2.45, 2.75) is 45.7 Å². The standard InChI is InChI=1S/C16H20N2O/c1-11-12(2)19-16(18-11)10-17-9-13-4-3-5-15(8-13)14-6-7-14/h3-5,8,14,17H,6-7,9-10H2,1-2H3. The van der Waals surface area contributed by atoms with Gasteiger partial charge < -0.3 is 9.73 Å². The molecule has 1 fully saturated rings. The van der Waals surface area contributed by atoms with Crippen molar-refractivity contribution in [3.05, 3.63) is 52.7 Å². The first-order valence-electron chi connectivity index (χ1n) is 6.95. The summed E-state index contributed by atoms with van der Waals surface area (Å²) in [7, 11) is 0. The van der Waals surface area contributed by atoms with Crippen molar-refractivity contribution in [3.63, 3.8) is 0 Å². The maximum Gasteiger partial charge on any atom is 0.208 e. The highest BCUT2D eigenvalue weighted by atomic mass is 16.4. The molecule has 1 heterocycles. The Morgan fingerprint density at radius 3 is 2.79 bits per heavy atom. The Kier molecular flexibility index (Phi) is 3.38. The fourth-order valence-corrected chi connectivity index (χ4v) is 2.30. The molecule has 3 nitrogen and oxygen atoms in total. The fourth-order valence-electron chi connectivity index (χ4n) is 2.30. The van der Waals surface area contributed by atoms with E-state index < -0.39 is 0 Å². The van der Waals surface area contributed by atoms with Crippen LogP contribution in [0.1, 0.15) is 47.2 Å². The molecule has 1 saturated carbocycles. The van der Waals surface area contributed by atoms with Crippen molar-refractivity contribution in [1.82, 2.24) is 10.3 Å². The Balaban J connectivity index is 1.55. The van der Waals surface area contributed by atoms with Gasteiger partial charge >= 0.3 is 0 Å². The minimum absolute atomic E-state index is 0.683. The van der Waals surface area contributed by atoms with Gasteiger partial charge in [0, 0.05) is 6.54 Å². The van der Waals surface area contributed by atoms with Crippen LogP contribution in [0.3, 0.4) is 0 Å². The number of nitrogens with zero attached hydrogens (tertiary/aromatic N) is 1. The molecule has 0 aliphatic heterocycles. The van der Waals surface area contributed by atoms with E-state index in [0.717, 1.165) is 29.8 Å². The Bertz CT molecular complexity index is 550. The van der Waals surface area contributed by atoms with Gasteiger partial charge in [-0.1, -0.05) is 24.3 Å². The van der Waals surface area contributed by atoms with Crippen LogP contribution in [0, 0.1) is 13.8 Å². The summed E-state index contributed by atoms with van der Waals surface area (Å²) in [5, 5.41) is 3.39. The number of oxazole rings is 1. The topological polar surface area (TPSA) is 38.1 Å². The van der Waals surface area contributed by atoms with Crippen molar-refractivity contribution in [1.29, 1.82) is 0 Å². The third-order valence-electron chi connectivity index (χ3n) is 3.68. The zero-order valence-electron chi connectivity index (χ0n) is 11.6. The summed E-state index contributed by atoms with van der Waals surface area (Å²) in [5.41, 5.74) is 3.80. The van der Waals surface area contributed by atoms with E-state index in [0.29, 0.717) is 6.54 Å². The summed E-state index contributed by atoms with van der Waals surface area (Å²) < 4.78 is 5.55. The molecule has 1 aromatic heterocycles. The summed E-state index contributed by atoms with van der Waals surface area (Å²) in [6, 6.07) is 8.88. The maximum absolute atomic E-state index is 5.55. The van der Waals surface area contributed by atoms with Crippen molar-refractivity contribution >= 4 is 0 Å². The lowest BCUT2D eigenvalue weighted by molar-refractivity contribution is 0.448. The molecule has 1 aliphatic rings. The molecule has 0 saturated heterocycles. The van der Waals surface area contributed by atoms with Gasteiger partial charge in [0.15, 0.2) is 0 Å². The van der Waals surface area contributed by atoms with Crippen molar-refractivity contribution in [2.24, 2.45) is 0 Å². The van der Waals surface area contributed by atoms with Crippen LogP contribution in [0.15, 0.2) is 28.7 Å². The van der Waals surface area contributed by atoms with E-state index in [2.05, 4.69) is 34.6 Å². The largest absolute Gasteiger partial charge is 0.444 e. The van der Waals surface area contributed by atoms with Gasteiger partial charge in [-0.15, -0.1) is 0 Å². The second-order valence-corrected chi connectivity index (χ2v) is 5.37. The molecule has 3 heteroatoms. The summed E-state index contributed by atoms with van der Waals surface area (Å²) in [6.45, 7) is 5.47. The molecule has 100 valence electrons. The summed E-state index contributed by atoms with van der Waals surface area (Å²) in [6.07, 6.45) is 2.71. The predicted octanol–water partition coefficient (Wildman–Crippen LogP) is 3.46. The molecule has 0 unspecified atom stereocenters. The molecule has 0 spiro atoms. The maximum atomic E-state index is 5.55. The zero-order chi connectivity index (χ0) is 13.2. The van der Waals surface area contributed by atoms with E-state index in [4.69, 9.17) is 4.42 Å². The van der Waals surface area contributed by atoms with Crippen molar-refractivity contribution in [3.8, 4) is 0 Å². The molecule has 0 amide bonds. The fraction of sp³-hybridized carbons (Fsp3) is 0.438. The van der Waals surface area contributed by atoms with Gasteiger partial charge in [0.05, 0.1) is 12.2 Å². The van der Waals surface area contributed by atoms with Crippen molar-refractivity contribution < 1.29 is 4.42 Å². The number of nitrogens with one attached hydrogen (secondary N) is 1. The highest BCUT2D eigenvalue weighted by molar-refractivity contribution is 5.29. The number of rotatable bonds is 5. The monoisotopic (exact) mass is 256 g/mol. The lowest BCUT2D eigenvalue weighted by Crippen LogP contribution is -2.13. The van der Waals surface area contributed by atoms with Crippen LogP contribution in [-0.2, 0) is 13.1 Å². The first-order chi connectivity index (χ1) is 9.22. The smallest absolute Gasteiger partial charge is 0.208 e. The first kappa shape index (κ1) is 12.4. The van der Waals surface area contributed by atoms with E-state index in [-0.39, 0.29) is 0 Å². The summed E-state index contributed by atoms with van der Waals surface area (Å²) in [5.74, 6) is 2.50. The van der Waals surface area contributed by atoms with Gasteiger partial charge in [-0.25, -0.2) is 4.98 Å². The van der Waals surface area contributed by atoms with Gasteiger partial charge in [0.25, 0.3) is 0 Å². The van der Waals surface area contributed by atoms with Crippen LogP contribution in [0.2, 0.25) is 0 Å². The van der Waals surface area contributed by atoms with E-state index in [1.54, 1.807) is 0 Å². The lowest BCUT2D eigenvalue weighted by atomic mass is 10.1. The molecule has 1 aliphatic carbocycles. The van der Waals surface area contributed by atoms with E-state index in [1.165, 1.54) is 24.0 Å². The second kappa shape index (κ2) is 5.17. The second-order valence-electron chi connectivity index (χ2n) is 5.37. The summed E-state index contributed by atoms with van der Waals surface area (Å²) >= 11 is 0. The van der Waals surface area contributed by atoms with Crippen LogP contribution in [0.4, 0.5) is 0 Å². The minimum atomic E-state index is 0.683. The van der Waals surface area contributed by atoms with Gasteiger partial charge in [-0.3, -0.25) is 0 Å². The molecule has 0 atom stereocenters. The van der Waals surface area contributed by atoms with Crippen LogP contribution >= 0.6 is 0 Å². The van der Waals surface area contributed by atoms with E-state index >= 15 is 0 Å². The van der Waals surface area contributed by atoms with Crippen LogP contribution in [-0.4, -0.2) is 4.98 Å². The number of hydrogen-bond donors (Lipinski definition) is 1. The Morgan fingerprint density at radius 1 is 1.26 bits per heavy atom. The average Bonchev–Trinajstić information content (AvgIpc) is 3.18. The Morgan fingerprint density at radius 2 is 2.11 bits per heavy atom. The molecule has 1 aromatic carbocycles. The average molecular weight is 256 g/mol. The Labute approximate surface area is 114 Å². The van der Waals surface area contributed by atoms with Gasteiger partial charge in [0.2, 0.25) is 5.89 Å². The highest BCUT2D eigenvalue weighted by Gasteiger charge is 2.23. The third kappa shape index (κ3) is 3.04. The first-order valence-corrected chi connectivity index (χ1v) is 6.95. The molecule has 3 rings (SSSR count). The van der Waals surface area contributed by atoms with Crippen molar-refractivity contribution in [2.75, 3.05) is 0 Å². The van der Waals surface area contributed by atoms with Gasteiger partial charge in [-0.2, -0.15) is 0 Å². The normalized spacial score (nSPS) is 14.8.